The minimum Gasteiger partial charge on any atom is -0.497 e. The van der Waals surface area contributed by atoms with Crippen LogP contribution in [0.25, 0.3) is 0 Å². The van der Waals surface area contributed by atoms with Crippen LogP contribution in [0.1, 0.15) is 11.1 Å². The van der Waals surface area contributed by atoms with Crippen molar-refractivity contribution in [1.82, 2.24) is 4.90 Å². The lowest BCUT2D eigenvalue weighted by Crippen LogP contribution is -2.41. The van der Waals surface area contributed by atoms with Crippen LogP contribution in [0.2, 0.25) is 0 Å². The van der Waals surface area contributed by atoms with Crippen LogP contribution >= 0.6 is 0 Å². The first-order chi connectivity index (χ1) is 11.7. The molecule has 124 valence electrons. The Bertz CT molecular complexity index is 712. The number of cyclic esters (lactones) is 1. The average Bonchev–Trinajstić information content (AvgIpc) is 2.97. The molecule has 2 aromatic carbocycles. The van der Waals surface area contributed by atoms with Gasteiger partial charge in [0, 0.05) is 0 Å². The summed E-state index contributed by atoms with van der Waals surface area (Å²) in [6.07, 6.45) is 0.195. The molecule has 1 aliphatic heterocycles. The van der Waals surface area contributed by atoms with Crippen molar-refractivity contribution in [3.63, 3.8) is 0 Å². The summed E-state index contributed by atoms with van der Waals surface area (Å²) in [7, 11) is 1.59. The first kappa shape index (κ1) is 16.1. The van der Waals surface area contributed by atoms with Crippen molar-refractivity contribution in [3.05, 3.63) is 65.7 Å². The Labute approximate surface area is 140 Å². The lowest BCUT2D eigenvalue weighted by molar-refractivity contribution is -0.128. The Kier molecular flexibility index (Phi) is 4.79. The first-order valence-corrected chi connectivity index (χ1v) is 7.83. The van der Waals surface area contributed by atoms with Crippen molar-refractivity contribution in [2.75, 3.05) is 13.7 Å². The maximum Gasteiger partial charge on any atom is 0.416 e. The van der Waals surface area contributed by atoms with E-state index in [0.29, 0.717) is 6.42 Å². The van der Waals surface area contributed by atoms with Crippen LogP contribution in [0.3, 0.4) is 0 Å². The number of hydrogen-bond donors (Lipinski definition) is 0. The van der Waals surface area contributed by atoms with Crippen molar-refractivity contribution in [2.24, 2.45) is 0 Å². The predicted molar refractivity (Wildman–Crippen MR) is 88.8 cm³/mol. The lowest BCUT2D eigenvalue weighted by Gasteiger charge is -2.19. The van der Waals surface area contributed by atoms with E-state index in [-0.39, 0.29) is 25.0 Å². The quantitative estimate of drug-likeness (QED) is 0.848. The minimum absolute atomic E-state index is 0.157. The summed E-state index contributed by atoms with van der Waals surface area (Å²) in [5.74, 6) is 0.484. The fourth-order valence-corrected chi connectivity index (χ4v) is 2.81. The zero-order valence-corrected chi connectivity index (χ0v) is 13.5. The van der Waals surface area contributed by atoms with E-state index in [1.165, 1.54) is 4.90 Å². The van der Waals surface area contributed by atoms with Crippen LogP contribution in [-0.4, -0.2) is 36.7 Å². The normalized spacial score (nSPS) is 16.8. The van der Waals surface area contributed by atoms with E-state index in [0.717, 1.165) is 16.9 Å². The highest BCUT2D eigenvalue weighted by Gasteiger charge is 2.37. The van der Waals surface area contributed by atoms with Gasteiger partial charge in [-0.05, 0) is 29.7 Å². The molecule has 2 aromatic rings. The monoisotopic (exact) mass is 325 g/mol. The van der Waals surface area contributed by atoms with Crippen molar-refractivity contribution in [2.45, 2.75) is 18.9 Å². The number of nitrogens with zero attached hydrogens (tertiary/aromatic N) is 1. The molecule has 0 saturated carbocycles. The van der Waals surface area contributed by atoms with E-state index >= 15 is 0 Å². The molecule has 0 spiro atoms. The molecule has 0 bridgehead atoms. The Hall–Kier alpha value is -2.82. The van der Waals surface area contributed by atoms with Crippen LogP contribution < -0.4 is 4.74 Å². The number of methoxy groups -OCH3 is 1. The van der Waals surface area contributed by atoms with Crippen molar-refractivity contribution in [3.8, 4) is 5.75 Å². The predicted octanol–water partition coefficient (Wildman–Crippen LogP) is 2.83. The molecule has 3 rings (SSSR count). The van der Waals surface area contributed by atoms with Gasteiger partial charge in [-0.15, -0.1) is 0 Å². The van der Waals surface area contributed by atoms with Crippen molar-refractivity contribution < 1.29 is 19.1 Å². The third-order valence-electron chi connectivity index (χ3n) is 4.06. The molecular weight excluding hydrogens is 306 g/mol. The van der Waals surface area contributed by atoms with E-state index in [2.05, 4.69) is 0 Å². The molecular formula is C19H19NO4. The Balaban J connectivity index is 1.69. The summed E-state index contributed by atoms with van der Waals surface area (Å²) in [6, 6.07) is 16.8. The van der Waals surface area contributed by atoms with Gasteiger partial charge in [0.25, 0.3) is 0 Å². The van der Waals surface area contributed by atoms with Crippen LogP contribution in [0.5, 0.6) is 5.75 Å². The number of benzene rings is 2. The smallest absolute Gasteiger partial charge is 0.416 e. The molecule has 2 amide bonds. The van der Waals surface area contributed by atoms with Crippen LogP contribution in [0.15, 0.2) is 54.6 Å². The molecule has 0 unspecified atom stereocenters. The zero-order valence-electron chi connectivity index (χ0n) is 13.5. The zero-order chi connectivity index (χ0) is 16.9. The van der Waals surface area contributed by atoms with E-state index in [9.17, 15) is 9.59 Å². The van der Waals surface area contributed by atoms with Gasteiger partial charge in [0.2, 0.25) is 5.91 Å². The molecule has 0 N–H and O–H groups in total. The summed E-state index contributed by atoms with van der Waals surface area (Å²) >= 11 is 0. The topological polar surface area (TPSA) is 55.8 Å². The van der Waals surface area contributed by atoms with Gasteiger partial charge in [-0.3, -0.25) is 4.79 Å². The largest absolute Gasteiger partial charge is 0.497 e. The number of imide groups is 1. The molecule has 0 aromatic heterocycles. The fraction of sp³-hybridized carbons (Fsp3) is 0.263. The number of carbonyl (C=O) groups excluding carboxylic acids is 2. The average molecular weight is 325 g/mol. The maximum absolute atomic E-state index is 12.6. The van der Waals surface area contributed by atoms with Crippen molar-refractivity contribution >= 4 is 12.0 Å². The summed E-state index contributed by atoms with van der Waals surface area (Å²) in [6.45, 7) is 0.238. The summed E-state index contributed by atoms with van der Waals surface area (Å²) < 4.78 is 10.2. The molecule has 1 heterocycles. The van der Waals surface area contributed by atoms with Gasteiger partial charge in [0.05, 0.1) is 19.6 Å². The van der Waals surface area contributed by atoms with Crippen LogP contribution in [-0.2, 0) is 22.4 Å². The highest BCUT2D eigenvalue weighted by Crippen LogP contribution is 2.19. The van der Waals surface area contributed by atoms with E-state index < -0.39 is 6.09 Å². The molecule has 1 fully saturated rings. The second-order valence-corrected chi connectivity index (χ2v) is 5.71. The van der Waals surface area contributed by atoms with E-state index in [1.807, 2.05) is 42.5 Å². The maximum atomic E-state index is 12.6. The first-order valence-electron chi connectivity index (χ1n) is 7.83. The molecule has 24 heavy (non-hydrogen) atoms. The minimum atomic E-state index is -0.561. The SMILES string of the molecule is COc1ccc(CC(=O)N2C(=O)OC[C@H]2Cc2ccccc2)cc1. The van der Waals surface area contributed by atoms with E-state index in [1.54, 1.807) is 19.2 Å². The van der Waals surface area contributed by atoms with Crippen LogP contribution in [0.4, 0.5) is 4.79 Å². The molecule has 0 aliphatic carbocycles. The number of amides is 2. The standard InChI is InChI=1S/C19H19NO4/c1-23-17-9-7-15(8-10-17)12-18(21)20-16(13-24-19(20)22)11-14-5-3-2-4-6-14/h2-10,16H,11-13H2,1H3/t16-/m1/s1. The highest BCUT2D eigenvalue weighted by atomic mass is 16.6. The molecule has 5 heteroatoms. The molecule has 1 atom stereocenters. The van der Waals surface area contributed by atoms with Gasteiger partial charge < -0.3 is 9.47 Å². The Morgan fingerprint density at radius 1 is 1.12 bits per heavy atom. The summed E-state index contributed by atoms with van der Waals surface area (Å²) in [4.78, 5) is 25.8. The number of ether oxygens (including phenoxy) is 2. The van der Waals surface area contributed by atoms with Gasteiger partial charge in [-0.1, -0.05) is 42.5 Å². The summed E-state index contributed by atoms with van der Waals surface area (Å²) in [5.41, 5.74) is 1.90. The van der Waals surface area contributed by atoms with Gasteiger partial charge in [0.1, 0.15) is 12.4 Å². The Morgan fingerprint density at radius 2 is 1.83 bits per heavy atom. The molecule has 1 saturated heterocycles. The van der Waals surface area contributed by atoms with Crippen LogP contribution in [0, 0.1) is 0 Å². The number of rotatable bonds is 5. The Morgan fingerprint density at radius 3 is 2.50 bits per heavy atom. The number of hydrogen-bond acceptors (Lipinski definition) is 4. The number of carbonyl (C=O) groups is 2. The third-order valence-corrected chi connectivity index (χ3v) is 4.06. The molecule has 1 aliphatic rings. The van der Waals surface area contributed by atoms with Gasteiger partial charge in [-0.2, -0.15) is 0 Å². The second kappa shape index (κ2) is 7.17. The third kappa shape index (κ3) is 3.56. The molecule has 0 radical (unpaired) electrons. The second-order valence-electron chi connectivity index (χ2n) is 5.71. The van der Waals surface area contributed by atoms with Gasteiger partial charge >= 0.3 is 6.09 Å². The van der Waals surface area contributed by atoms with E-state index in [4.69, 9.17) is 9.47 Å². The van der Waals surface area contributed by atoms with Gasteiger partial charge in [0.15, 0.2) is 0 Å². The lowest BCUT2D eigenvalue weighted by atomic mass is 10.0. The highest BCUT2D eigenvalue weighted by molar-refractivity contribution is 5.94. The van der Waals surface area contributed by atoms with Gasteiger partial charge in [-0.25, -0.2) is 9.69 Å². The fourth-order valence-electron chi connectivity index (χ4n) is 2.81. The van der Waals surface area contributed by atoms with Crippen molar-refractivity contribution in [1.29, 1.82) is 0 Å². The summed E-state index contributed by atoms with van der Waals surface area (Å²) in [5, 5.41) is 0. The molecule has 5 nitrogen and oxygen atoms in total.